The monoisotopic (exact) mass is 456 g/mol. The van der Waals surface area contributed by atoms with E-state index in [0.717, 1.165) is 42.1 Å². The molecule has 1 heterocycles. The number of rotatable bonds is 6. The Morgan fingerprint density at radius 1 is 1.12 bits per heavy atom. The summed E-state index contributed by atoms with van der Waals surface area (Å²) in [6, 6.07) is 10.7. The van der Waals surface area contributed by atoms with E-state index in [-0.39, 0.29) is 6.10 Å². The average molecular weight is 457 g/mol. The molecule has 1 N–H and O–H groups in total. The van der Waals surface area contributed by atoms with Crippen LogP contribution in [0.2, 0.25) is 5.02 Å². The van der Waals surface area contributed by atoms with Crippen molar-refractivity contribution in [2.45, 2.75) is 38.3 Å². The Hall–Kier alpha value is -3.19. The van der Waals surface area contributed by atoms with E-state index in [1.165, 1.54) is 7.11 Å². The van der Waals surface area contributed by atoms with E-state index < -0.39 is 12.1 Å². The summed E-state index contributed by atoms with van der Waals surface area (Å²) in [6.07, 6.45) is 5.42. The number of nitrogens with one attached hydrogen (secondary N) is 1. The van der Waals surface area contributed by atoms with Gasteiger partial charge in [0.25, 0.3) is 0 Å². The van der Waals surface area contributed by atoms with Crippen molar-refractivity contribution in [1.82, 2.24) is 4.57 Å². The smallest absolute Gasteiger partial charge is 0.411 e. The van der Waals surface area contributed by atoms with Crippen LogP contribution in [0.25, 0.3) is 10.9 Å². The third-order valence-corrected chi connectivity index (χ3v) is 6.01. The van der Waals surface area contributed by atoms with Gasteiger partial charge in [0, 0.05) is 22.8 Å². The van der Waals surface area contributed by atoms with Crippen LogP contribution in [0, 0.1) is 0 Å². The van der Waals surface area contributed by atoms with Gasteiger partial charge < -0.3 is 18.8 Å². The summed E-state index contributed by atoms with van der Waals surface area (Å²) in [4.78, 5) is 24.1. The summed E-state index contributed by atoms with van der Waals surface area (Å²) in [6.45, 7) is 0.462. The van der Waals surface area contributed by atoms with Gasteiger partial charge in [-0.2, -0.15) is 0 Å². The number of esters is 1. The molecule has 0 aliphatic heterocycles. The molecule has 8 heteroatoms. The molecule has 0 unspecified atom stereocenters. The number of carbonyl (C=O) groups is 2. The van der Waals surface area contributed by atoms with Crippen molar-refractivity contribution in [2.24, 2.45) is 0 Å². The predicted octanol–water partition coefficient (Wildman–Crippen LogP) is 5.63. The molecule has 2 aromatic carbocycles. The lowest BCUT2D eigenvalue weighted by Crippen LogP contribution is -2.20. The average Bonchev–Trinajstić information content (AvgIpc) is 3.41. The van der Waals surface area contributed by atoms with Gasteiger partial charge in [-0.3, -0.25) is 5.32 Å². The molecule has 0 saturated heterocycles. The third kappa shape index (κ3) is 4.67. The highest BCUT2D eigenvalue weighted by Crippen LogP contribution is 2.31. The van der Waals surface area contributed by atoms with Crippen LogP contribution in [0.15, 0.2) is 42.6 Å². The number of nitrogens with zero attached hydrogens (tertiary/aromatic N) is 1. The second-order valence-electron chi connectivity index (χ2n) is 7.79. The molecule has 168 valence electrons. The summed E-state index contributed by atoms with van der Waals surface area (Å²) < 4.78 is 17.7. The van der Waals surface area contributed by atoms with Gasteiger partial charge in [0.2, 0.25) is 0 Å². The van der Waals surface area contributed by atoms with E-state index in [4.69, 9.17) is 25.8 Å². The molecular weight excluding hydrogens is 432 g/mol. The molecule has 1 amide bonds. The van der Waals surface area contributed by atoms with E-state index >= 15 is 0 Å². The molecule has 0 atom stereocenters. The molecule has 3 aromatic rings. The van der Waals surface area contributed by atoms with Gasteiger partial charge >= 0.3 is 12.1 Å². The minimum absolute atomic E-state index is 0.00235. The zero-order valence-corrected chi connectivity index (χ0v) is 18.8. The molecular formula is C24H25ClN2O5. The Bertz CT molecular complexity index is 1150. The van der Waals surface area contributed by atoms with Gasteiger partial charge in [-0.25, -0.2) is 9.59 Å². The fourth-order valence-electron chi connectivity index (χ4n) is 4.06. The van der Waals surface area contributed by atoms with Crippen molar-refractivity contribution in [2.75, 3.05) is 19.5 Å². The number of carbonyl (C=O) groups excluding carboxylic acids is 2. The van der Waals surface area contributed by atoms with Crippen LogP contribution in [-0.4, -0.2) is 37.0 Å². The minimum Gasteiger partial charge on any atom is -0.496 e. The first kappa shape index (κ1) is 22.0. The number of benzene rings is 2. The Kier molecular flexibility index (Phi) is 6.55. The fraction of sp³-hybridized carbons (Fsp3) is 0.333. The maximum absolute atomic E-state index is 12.3. The quantitative estimate of drug-likeness (QED) is 0.486. The van der Waals surface area contributed by atoms with Crippen molar-refractivity contribution < 1.29 is 23.8 Å². The number of aromatic nitrogens is 1. The van der Waals surface area contributed by atoms with Crippen LogP contribution >= 0.6 is 11.6 Å². The molecule has 0 bridgehead atoms. The standard InChI is InChI=1S/C24H25ClN2O5/c1-30-22-11-15(23(28)31-2)7-8-16(22)13-27-14-20(25)19-10-9-17(12-21(19)27)26-24(29)32-18-5-3-4-6-18/h7-12,14,18H,3-6,13H2,1-2H3,(H,26,29). The van der Waals surface area contributed by atoms with Gasteiger partial charge in [-0.1, -0.05) is 17.7 Å². The number of ether oxygens (including phenoxy) is 3. The number of anilines is 1. The van der Waals surface area contributed by atoms with Crippen molar-refractivity contribution in [3.63, 3.8) is 0 Å². The minimum atomic E-state index is -0.444. The highest BCUT2D eigenvalue weighted by molar-refractivity contribution is 6.35. The first-order valence-electron chi connectivity index (χ1n) is 10.5. The summed E-state index contributed by atoms with van der Waals surface area (Å²) in [5, 5.41) is 4.29. The van der Waals surface area contributed by atoms with Crippen LogP contribution in [0.3, 0.4) is 0 Å². The summed E-state index contributed by atoms with van der Waals surface area (Å²) in [7, 11) is 2.89. The number of hydrogen-bond donors (Lipinski definition) is 1. The number of halogens is 1. The van der Waals surface area contributed by atoms with E-state index in [1.54, 1.807) is 25.3 Å². The van der Waals surface area contributed by atoms with Crippen molar-refractivity contribution in [3.8, 4) is 5.75 Å². The first-order chi connectivity index (χ1) is 15.5. The van der Waals surface area contributed by atoms with E-state index in [2.05, 4.69) is 5.32 Å². The lowest BCUT2D eigenvalue weighted by atomic mass is 10.1. The summed E-state index contributed by atoms with van der Waals surface area (Å²) >= 11 is 6.45. The Morgan fingerprint density at radius 3 is 2.62 bits per heavy atom. The van der Waals surface area contributed by atoms with E-state index in [0.29, 0.717) is 28.6 Å². The van der Waals surface area contributed by atoms with Crippen LogP contribution in [-0.2, 0) is 16.0 Å². The molecule has 1 saturated carbocycles. The van der Waals surface area contributed by atoms with Crippen LogP contribution in [0.4, 0.5) is 10.5 Å². The Balaban J connectivity index is 1.58. The molecule has 0 spiro atoms. The zero-order chi connectivity index (χ0) is 22.7. The van der Waals surface area contributed by atoms with Crippen LogP contribution in [0.5, 0.6) is 5.75 Å². The highest BCUT2D eigenvalue weighted by atomic mass is 35.5. The lowest BCUT2D eigenvalue weighted by Gasteiger charge is -2.13. The topological polar surface area (TPSA) is 78.8 Å². The predicted molar refractivity (Wildman–Crippen MR) is 123 cm³/mol. The van der Waals surface area contributed by atoms with Gasteiger partial charge in [0.1, 0.15) is 11.9 Å². The zero-order valence-electron chi connectivity index (χ0n) is 18.0. The number of fused-ring (bicyclic) bond motifs is 1. The molecule has 0 radical (unpaired) electrons. The maximum atomic E-state index is 12.3. The number of amides is 1. The molecule has 1 aliphatic carbocycles. The van der Waals surface area contributed by atoms with Crippen molar-refractivity contribution in [1.29, 1.82) is 0 Å². The molecule has 1 aliphatic rings. The van der Waals surface area contributed by atoms with Crippen LogP contribution < -0.4 is 10.1 Å². The van der Waals surface area contributed by atoms with E-state index in [1.807, 2.05) is 29.0 Å². The summed E-state index contributed by atoms with van der Waals surface area (Å²) in [5.74, 6) is 0.143. The van der Waals surface area contributed by atoms with Crippen molar-refractivity contribution in [3.05, 3.63) is 58.7 Å². The van der Waals surface area contributed by atoms with Crippen LogP contribution in [0.1, 0.15) is 41.6 Å². The van der Waals surface area contributed by atoms with Gasteiger partial charge in [-0.15, -0.1) is 0 Å². The molecule has 1 aromatic heterocycles. The third-order valence-electron chi connectivity index (χ3n) is 5.70. The van der Waals surface area contributed by atoms with Crippen molar-refractivity contribution >= 4 is 40.3 Å². The maximum Gasteiger partial charge on any atom is 0.411 e. The SMILES string of the molecule is COC(=O)c1ccc(Cn2cc(Cl)c3ccc(NC(=O)OC4CCCC4)cc32)c(OC)c1. The Morgan fingerprint density at radius 2 is 1.91 bits per heavy atom. The lowest BCUT2D eigenvalue weighted by molar-refractivity contribution is 0.0600. The molecule has 1 fully saturated rings. The number of hydrogen-bond acceptors (Lipinski definition) is 5. The second kappa shape index (κ2) is 9.53. The van der Waals surface area contributed by atoms with Gasteiger partial charge in [0.15, 0.2) is 0 Å². The van der Waals surface area contributed by atoms with Gasteiger partial charge in [-0.05, 0) is 56.0 Å². The normalized spacial score (nSPS) is 13.8. The van der Waals surface area contributed by atoms with E-state index in [9.17, 15) is 9.59 Å². The fourth-order valence-corrected chi connectivity index (χ4v) is 4.34. The molecule has 7 nitrogen and oxygen atoms in total. The second-order valence-corrected chi connectivity index (χ2v) is 8.20. The Labute approximate surface area is 191 Å². The number of methoxy groups -OCH3 is 2. The highest BCUT2D eigenvalue weighted by Gasteiger charge is 2.19. The molecule has 4 rings (SSSR count). The largest absolute Gasteiger partial charge is 0.496 e. The summed E-state index contributed by atoms with van der Waals surface area (Å²) in [5.41, 5.74) is 2.76. The first-order valence-corrected chi connectivity index (χ1v) is 10.9. The molecule has 32 heavy (non-hydrogen) atoms. The van der Waals surface area contributed by atoms with Gasteiger partial charge in [0.05, 0.1) is 36.9 Å².